The van der Waals surface area contributed by atoms with Crippen LogP contribution in [0.2, 0.25) is 0 Å². The molecule has 2 aromatic rings. The van der Waals surface area contributed by atoms with Crippen LogP contribution < -0.4 is 5.32 Å². The van der Waals surface area contributed by atoms with Gasteiger partial charge in [-0.2, -0.15) is 0 Å². The number of amides is 3. The summed E-state index contributed by atoms with van der Waals surface area (Å²) in [6.45, 7) is 5.49. The van der Waals surface area contributed by atoms with E-state index in [0.717, 1.165) is 45.2 Å². The van der Waals surface area contributed by atoms with Gasteiger partial charge in [-0.25, -0.2) is 9.97 Å². The minimum atomic E-state index is -0.223. The second-order valence-corrected chi connectivity index (χ2v) is 8.85. The van der Waals surface area contributed by atoms with Gasteiger partial charge < -0.3 is 15.1 Å². The first-order valence-electron chi connectivity index (χ1n) is 11.8. The van der Waals surface area contributed by atoms with Crippen molar-refractivity contribution in [2.24, 2.45) is 0 Å². The minimum absolute atomic E-state index is 0.00501. The number of hydrogen-bond donors (Lipinski definition) is 1. The summed E-state index contributed by atoms with van der Waals surface area (Å²) in [6.07, 6.45) is 7.58. The zero-order chi connectivity index (χ0) is 23.4. The topological polar surface area (TPSA) is 95.5 Å². The van der Waals surface area contributed by atoms with Crippen LogP contribution in [0.5, 0.6) is 0 Å². The fourth-order valence-electron chi connectivity index (χ4n) is 4.63. The summed E-state index contributed by atoms with van der Waals surface area (Å²) in [5.74, 6) is 0.351. The van der Waals surface area contributed by atoms with Gasteiger partial charge in [-0.3, -0.25) is 14.4 Å². The summed E-state index contributed by atoms with van der Waals surface area (Å²) < 4.78 is 0. The largest absolute Gasteiger partial charge is 0.339 e. The molecule has 1 unspecified atom stereocenters. The Bertz CT molecular complexity index is 1030. The van der Waals surface area contributed by atoms with Crippen molar-refractivity contribution in [3.63, 3.8) is 0 Å². The van der Waals surface area contributed by atoms with E-state index < -0.39 is 0 Å². The van der Waals surface area contributed by atoms with Gasteiger partial charge in [-0.1, -0.05) is 0 Å². The molecule has 4 rings (SSSR count). The van der Waals surface area contributed by atoms with Crippen molar-refractivity contribution in [3.8, 4) is 0 Å². The Morgan fingerprint density at radius 2 is 1.64 bits per heavy atom. The fourth-order valence-corrected chi connectivity index (χ4v) is 4.63. The Hall–Kier alpha value is -3.29. The summed E-state index contributed by atoms with van der Waals surface area (Å²) >= 11 is 0. The molecule has 8 heteroatoms. The number of likely N-dealkylation sites (tertiary alicyclic amines) is 2. The summed E-state index contributed by atoms with van der Waals surface area (Å²) in [4.78, 5) is 50.4. The van der Waals surface area contributed by atoms with Gasteiger partial charge in [0.25, 0.3) is 11.8 Å². The second-order valence-electron chi connectivity index (χ2n) is 8.85. The molecular weight excluding hydrogens is 418 g/mol. The molecule has 0 radical (unpaired) electrons. The molecule has 33 heavy (non-hydrogen) atoms. The van der Waals surface area contributed by atoms with Gasteiger partial charge in [0, 0.05) is 44.0 Å². The molecule has 174 valence electrons. The van der Waals surface area contributed by atoms with Gasteiger partial charge in [0.05, 0.1) is 17.3 Å². The van der Waals surface area contributed by atoms with Gasteiger partial charge in [-0.05, 0) is 69.7 Å². The van der Waals surface area contributed by atoms with Crippen molar-refractivity contribution in [2.75, 3.05) is 25.0 Å². The lowest BCUT2D eigenvalue weighted by molar-refractivity contribution is -0.114. The molecule has 1 N–H and O–H groups in total. The number of carbonyl (C=O) groups excluding carboxylic acids is 3. The van der Waals surface area contributed by atoms with E-state index in [4.69, 9.17) is 0 Å². The Kier molecular flexibility index (Phi) is 7.01. The van der Waals surface area contributed by atoms with Crippen molar-refractivity contribution in [1.82, 2.24) is 19.8 Å². The molecule has 2 aliphatic heterocycles. The minimum Gasteiger partial charge on any atom is -0.339 e. The van der Waals surface area contributed by atoms with Crippen LogP contribution >= 0.6 is 0 Å². The molecule has 2 aliphatic rings. The maximum absolute atomic E-state index is 13.3. The number of hydrogen-bond acceptors (Lipinski definition) is 5. The highest BCUT2D eigenvalue weighted by Gasteiger charge is 2.31. The third-order valence-electron chi connectivity index (χ3n) is 6.39. The summed E-state index contributed by atoms with van der Waals surface area (Å²) in [6, 6.07) is 6.70. The lowest BCUT2D eigenvalue weighted by Gasteiger charge is -2.35. The monoisotopic (exact) mass is 449 g/mol. The first-order valence-corrected chi connectivity index (χ1v) is 11.8. The van der Waals surface area contributed by atoms with E-state index in [1.54, 1.807) is 30.5 Å². The van der Waals surface area contributed by atoms with E-state index in [2.05, 4.69) is 15.3 Å². The average Bonchev–Trinajstić information content (AvgIpc) is 2.84. The lowest BCUT2D eigenvalue weighted by Crippen LogP contribution is -2.39. The third-order valence-corrected chi connectivity index (χ3v) is 6.39. The van der Waals surface area contributed by atoms with Crippen LogP contribution in [-0.4, -0.2) is 57.1 Å². The normalized spacial score (nSPS) is 18.7. The Labute approximate surface area is 194 Å². The van der Waals surface area contributed by atoms with Crippen molar-refractivity contribution in [2.45, 2.75) is 58.4 Å². The Morgan fingerprint density at radius 3 is 2.30 bits per heavy atom. The van der Waals surface area contributed by atoms with E-state index >= 15 is 0 Å². The van der Waals surface area contributed by atoms with Crippen LogP contribution in [0.15, 0.2) is 30.5 Å². The van der Waals surface area contributed by atoms with E-state index in [-0.39, 0.29) is 23.8 Å². The van der Waals surface area contributed by atoms with E-state index in [0.29, 0.717) is 34.9 Å². The van der Waals surface area contributed by atoms with Crippen LogP contribution in [0.1, 0.15) is 83.7 Å². The number of aromatic nitrogens is 2. The number of anilines is 1. The van der Waals surface area contributed by atoms with E-state index in [9.17, 15) is 14.4 Å². The first-order chi connectivity index (χ1) is 15.9. The molecule has 1 atom stereocenters. The van der Waals surface area contributed by atoms with Crippen molar-refractivity contribution in [3.05, 3.63) is 53.1 Å². The van der Waals surface area contributed by atoms with E-state index in [1.165, 1.54) is 13.3 Å². The Morgan fingerprint density at radius 1 is 0.939 bits per heavy atom. The van der Waals surface area contributed by atoms with E-state index in [1.807, 2.05) is 16.7 Å². The molecule has 0 saturated carbocycles. The molecular formula is C25H31N5O3. The van der Waals surface area contributed by atoms with Gasteiger partial charge in [0.2, 0.25) is 5.91 Å². The van der Waals surface area contributed by atoms with Crippen LogP contribution in [0.3, 0.4) is 0 Å². The second kappa shape index (κ2) is 10.1. The van der Waals surface area contributed by atoms with Crippen LogP contribution in [0.25, 0.3) is 0 Å². The van der Waals surface area contributed by atoms with Gasteiger partial charge in [0.15, 0.2) is 5.82 Å². The number of benzene rings is 1. The third kappa shape index (κ3) is 5.21. The highest BCUT2D eigenvalue weighted by atomic mass is 16.2. The highest BCUT2D eigenvalue weighted by molar-refractivity contribution is 5.96. The molecule has 0 aliphatic carbocycles. The standard InChI is InChI=1S/C25H31N5O3/c1-17-21(25(33)29-13-5-3-6-14-29)16-26-23(27-17)22-8-4-7-15-30(22)24(32)19-9-11-20(12-10-19)28-18(2)31/h9-12,16,22H,3-8,13-15H2,1-2H3,(H,28,31). The number of nitrogens with zero attached hydrogens (tertiary/aromatic N) is 4. The Balaban J connectivity index is 1.53. The molecule has 2 saturated heterocycles. The predicted octanol–water partition coefficient (Wildman–Crippen LogP) is 3.74. The number of rotatable bonds is 4. The number of nitrogens with one attached hydrogen (secondary N) is 1. The first kappa shape index (κ1) is 22.9. The maximum atomic E-state index is 13.3. The molecule has 3 amide bonds. The molecule has 2 fully saturated rings. The smallest absolute Gasteiger partial charge is 0.257 e. The number of aryl methyl sites for hydroxylation is 1. The summed E-state index contributed by atoms with van der Waals surface area (Å²) in [5, 5.41) is 2.71. The summed E-state index contributed by atoms with van der Waals surface area (Å²) in [5.41, 5.74) is 2.42. The highest BCUT2D eigenvalue weighted by Crippen LogP contribution is 2.31. The van der Waals surface area contributed by atoms with Crippen molar-refractivity contribution >= 4 is 23.4 Å². The molecule has 3 heterocycles. The number of carbonyl (C=O) groups is 3. The molecule has 0 spiro atoms. The fraction of sp³-hybridized carbons (Fsp3) is 0.480. The van der Waals surface area contributed by atoms with Crippen molar-refractivity contribution < 1.29 is 14.4 Å². The quantitative estimate of drug-likeness (QED) is 0.767. The van der Waals surface area contributed by atoms with Crippen LogP contribution in [0.4, 0.5) is 5.69 Å². The maximum Gasteiger partial charge on any atom is 0.257 e. The summed E-state index contributed by atoms with van der Waals surface area (Å²) in [7, 11) is 0. The van der Waals surface area contributed by atoms with Crippen LogP contribution in [-0.2, 0) is 4.79 Å². The molecule has 1 aromatic carbocycles. The molecule has 1 aromatic heterocycles. The number of piperidine rings is 2. The van der Waals surface area contributed by atoms with Crippen molar-refractivity contribution in [1.29, 1.82) is 0 Å². The predicted molar refractivity (Wildman–Crippen MR) is 125 cm³/mol. The van der Waals surface area contributed by atoms with Gasteiger partial charge in [-0.15, -0.1) is 0 Å². The van der Waals surface area contributed by atoms with Gasteiger partial charge in [0.1, 0.15) is 0 Å². The van der Waals surface area contributed by atoms with Crippen LogP contribution in [0, 0.1) is 6.92 Å². The average molecular weight is 450 g/mol. The molecule has 8 nitrogen and oxygen atoms in total. The van der Waals surface area contributed by atoms with Gasteiger partial charge >= 0.3 is 0 Å². The SMILES string of the molecule is CC(=O)Nc1ccc(C(=O)N2CCCCC2c2ncc(C(=O)N3CCCCC3)c(C)n2)cc1. The molecule has 0 bridgehead atoms. The lowest BCUT2D eigenvalue weighted by atomic mass is 9.99. The zero-order valence-corrected chi connectivity index (χ0v) is 19.3. The zero-order valence-electron chi connectivity index (χ0n) is 19.3.